The van der Waals surface area contributed by atoms with Gasteiger partial charge in [-0.2, -0.15) is 8.78 Å². The molecule has 0 radical (unpaired) electrons. The number of nitrogens with one attached hydrogen (secondary N) is 1. The molecule has 6 nitrogen and oxygen atoms in total. The van der Waals surface area contributed by atoms with E-state index in [4.69, 9.17) is 4.52 Å². The number of hydrogen-bond acceptors (Lipinski definition) is 6. The van der Waals surface area contributed by atoms with E-state index in [1.807, 2.05) is 5.32 Å². The van der Waals surface area contributed by atoms with Gasteiger partial charge in [0.1, 0.15) is 5.82 Å². The molecule has 1 aromatic heterocycles. The van der Waals surface area contributed by atoms with Gasteiger partial charge in [-0.3, -0.25) is 0 Å². The molecule has 1 N–H and O–H groups in total. The van der Waals surface area contributed by atoms with Crippen LogP contribution in [0.25, 0.3) is 11.0 Å². The Morgan fingerprint density at radius 3 is 2.59 bits per heavy atom. The van der Waals surface area contributed by atoms with Crippen LogP contribution in [0.3, 0.4) is 0 Å². The number of carbonyl (C=O) groups excluding carboxylic acids is 1. The van der Waals surface area contributed by atoms with Crippen molar-refractivity contribution in [3.8, 4) is 0 Å². The molecule has 2 heterocycles. The average Bonchev–Trinajstić information content (AvgIpc) is 3.21. The van der Waals surface area contributed by atoms with Crippen molar-refractivity contribution in [3.63, 3.8) is 0 Å². The number of aromatic nitrogens is 1. The van der Waals surface area contributed by atoms with Crippen LogP contribution in [0.1, 0.15) is 56.6 Å². The maximum atomic E-state index is 13.6. The van der Waals surface area contributed by atoms with Gasteiger partial charge in [0.25, 0.3) is 0 Å². The van der Waals surface area contributed by atoms with Crippen molar-refractivity contribution in [2.45, 2.75) is 63.0 Å². The summed E-state index contributed by atoms with van der Waals surface area (Å²) in [7, 11) is 0. The zero-order valence-electron chi connectivity index (χ0n) is 17.7. The van der Waals surface area contributed by atoms with Crippen LogP contribution < -0.4 is 5.32 Å². The number of likely N-dealkylation sites (tertiary alicyclic amines) is 1. The van der Waals surface area contributed by atoms with Gasteiger partial charge in [0, 0.05) is 21.9 Å². The van der Waals surface area contributed by atoms with Crippen molar-refractivity contribution < 1.29 is 32.0 Å². The van der Waals surface area contributed by atoms with Crippen molar-refractivity contribution in [1.82, 2.24) is 15.4 Å². The highest BCUT2D eigenvalue weighted by Gasteiger charge is 2.44. The molecular weight excluding hydrogens is 430 g/mol. The average molecular weight is 457 g/mol. The second-order valence-corrected chi connectivity index (χ2v) is 8.91. The summed E-state index contributed by atoms with van der Waals surface area (Å²) >= 11 is 0. The van der Waals surface area contributed by atoms with Crippen LogP contribution in [-0.2, 0) is 9.74 Å². The van der Waals surface area contributed by atoms with E-state index in [-0.39, 0.29) is 11.7 Å². The Balaban J connectivity index is 1.19. The molecule has 2 fully saturated rings. The second kappa shape index (κ2) is 9.74. The molecule has 10 heteroatoms. The number of rotatable bonds is 7. The standard InChI is InChI=1S/C22H27F4N3O3/c23-16-3-6-19-18(13-16)20(28-32-19)15-8-11-29(12-9-15)10-7-14-1-4-17(5-2-14)27-22(24,25)21(30)31-26/h3,6,13-15,17,27H,1-2,4-5,7-12H2. The molecule has 0 bridgehead atoms. The van der Waals surface area contributed by atoms with Crippen LogP contribution in [0.2, 0.25) is 0 Å². The molecule has 0 unspecified atom stereocenters. The lowest BCUT2D eigenvalue weighted by Crippen LogP contribution is -2.50. The Bertz CT molecular complexity index is 922. The van der Waals surface area contributed by atoms with Crippen LogP contribution in [0.5, 0.6) is 0 Å². The first-order valence-corrected chi connectivity index (χ1v) is 11.1. The lowest BCUT2D eigenvalue weighted by atomic mass is 9.83. The van der Waals surface area contributed by atoms with E-state index in [0.29, 0.717) is 24.3 Å². The van der Waals surface area contributed by atoms with Crippen molar-refractivity contribution in [1.29, 1.82) is 0 Å². The highest BCUT2D eigenvalue weighted by atomic mass is 19.3. The number of piperidine rings is 1. The Kier molecular flexibility index (Phi) is 6.99. The predicted molar refractivity (Wildman–Crippen MR) is 108 cm³/mol. The van der Waals surface area contributed by atoms with Gasteiger partial charge < -0.3 is 9.42 Å². The summed E-state index contributed by atoms with van der Waals surface area (Å²) in [5.74, 6) is -1.81. The van der Waals surface area contributed by atoms with Crippen molar-refractivity contribution in [2.75, 3.05) is 19.6 Å². The summed E-state index contributed by atoms with van der Waals surface area (Å²) in [5, 5.41) is 6.84. The van der Waals surface area contributed by atoms with Crippen LogP contribution in [0, 0.1) is 11.7 Å². The quantitative estimate of drug-likeness (QED) is 0.480. The van der Waals surface area contributed by atoms with E-state index in [0.717, 1.165) is 62.8 Å². The van der Waals surface area contributed by atoms with Gasteiger partial charge in [0.15, 0.2) is 5.58 Å². The van der Waals surface area contributed by atoms with Gasteiger partial charge in [-0.15, -0.1) is 0 Å². The molecule has 0 amide bonds. The minimum Gasteiger partial charge on any atom is -0.356 e. The van der Waals surface area contributed by atoms with E-state index >= 15 is 0 Å². The molecule has 1 aliphatic carbocycles. The zero-order chi connectivity index (χ0) is 22.7. The normalized spacial score (nSPS) is 23.5. The zero-order valence-corrected chi connectivity index (χ0v) is 17.7. The lowest BCUT2D eigenvalue weighted by molar-refractivity contribution is -0.217. The molecule has 176 valence electrons. The number of benzene rings is 1. The van der Waals surface area contributed by atoms with Crippen molar-refractivity contribution in [2.24, 2.45) is 5.92 Å². The minimum absolute atomic E-state index is 0.244. The first-order valence-electron chi connectivity index (χ1n) is 11.1. The van der Waals surface area contributed by atoms with Gasteiger partial charge in [-0.1, -0.05) is 5.16 Å². The molecule has 2 aliphatic rings. The van der Waals surface area contributed by atoms with E-state index in [1.165, 1.54) is 12.1 Å². The fraction of sp³-hybridized carbons (Fsp3) is 0.636. The summed E-state index contributed by atoms with van der Waals surface area (Å²) in [4.78, 5) is 15.8. The Morgan fingerprint density at radius 1 is 1.19 bits per heavy atom. The predicted octanol–water partition coefficient (Wildman–Crippen LogP) is 4.71. The molecule has 1 saturated carbocycles. The molecule has 4 rings (SSSR count). The van der Waals surface area contributed by atoms with Crippen molar-refractivity contribution >= 4 is 16.9 Å². The third-order valence-electron chi connectivity index (χ3n) is 6.85. The fourth-order valence-electron chi connectivity index (χ4n) is 4.98. The molecule has 0 spiro atoms. The SMILES string of the molecule is O=C(OF)C(F)(F)NC1CCC(CCN2CCC(c3noc4ccc(F)cc34)CC2)CC1. The minimum atomic E-state index is -4.00. The van der Waals surface area contributed by atoms with Crippen LogP contribution in [-0.4, -0.2) is 47.7 Å². The molecule has 1 saturated heterocycles. The topological polar surface area (TPSA) is 67.6 Å². The third kappa shape index (κ3) is 5.23. The lowest BCUT2D eigenvalue weighted by Gasteiger charge is -2.34. The number of fused-ring (bicyclic) bond motifs is 1. The third-order valence-corrected chi connectivity index (χ3v) is 6.85. The van der Waals surface area contributed by atoms with E-state index in [9.17, 15) is 22.5 Å². The first-order chi connectivity index (χ1) is 15.4. The Hall–Kier alpha value is -2.20. The van der Waals surface area contributed by atoms with Gasteiger partial charge in [0.2, 0.25) is 0 Å². The van der Waals surface area contributed by atoms with Gasteiger partial charge in [-0.05, 0) is 88.7 Å². The molecule has 0 atom stereocenters. The maximum absolute atomic E-state index is 13.6. The number of carbonyl (C=O) groups is 1. The monoisotopic (exact) mass is 457 g/mol. The summed E-state index contributed by atoms with van der Waals surface area (Å²) in [6.07, 6.45) is 5.42. The Morgan fingerprint density at radius 2 is 1.91 bits per heavy atom. The van der Waals surface area contributed by atoms with Crippen LogP contribution >= 0.6 is 0 Å². The number of hydrogen-bond donors (Lipinski definition) is 1. The van der Waals surface area contributed by atoms with E-state index < -0.39 is 18.1 Å². The highest BCUT2D eigenvalue weighted by molar-refractivity contribution is 5.80. The first kappa shape index (κ1) is 23.0. The summed E-state index contributed by atoms with van der Waals surface area (Å²) < 4.78 is 57.7. The maximum Gasteiger partial charge on any atom is 0.433 e. The van der Waals surface area contributed by atoms with Gasteiger partial charge in [-0.25, -0.2) is 19.4 Å². The number of alkyl halides is 2. The van der Waals surface area contributed by atoms with Crippen molar-refractivity contribution in [3.05, 3.63) is 29.7 Å². The summed E-state index contributed by atoms with van der Waals surface area (Å²) in [6, 6.07) is -0.0770. The van der Waals surface area contributed by atoms with E-state index in [1.54, 1.807) is 6.07 Å². The molecule has 1 aromatic carbocycles. The van der Waals surface area contributed by atoms with Crippen LogP contribution in [0.4, 0.5) is 17.7 Å². The Labute approximate surface area is 183 Å². The van der Waals surface area contributed by atoms with Gasteiger partial charge >= 0.3 is 12.0 Å². The molecule has 32 heavy (non-hydrogen) atoms. The molecule has 2 aromatic rings. The highest BCUT2D eigenvalue weighted by Crippen LogP contribution is 2.34. The molecular formula is C22H27F4N3O3. The molecule has 1 aliphatic heterocycles. The van der Waals surface area contributed by atoms with Gasteiger partial charge in [0.05, 0.1) is 5.69 Å². The fourth-order valence-corrected chi connectivity index (χ4v) is 4.98. The number of nitrogens with zero attached hydrogens (tertiary/aromatic N) is 2. The second-order valence-electron chi connectivity index (χ2n) is 8.91. The number of halogens is 4. The summed E-state index contributed by atoms with van der Waals surface area (Å²) in [5.41, 5.74) is 1.44. The van der Waals surface area contributed by atoms with Crippen LogP contribution in [0.15, 0.2) is 22.7 Å². The largest absolute Gasteiger partial charge is 0.433 e. The van der Waals surface area contributed by atoms with E-state index in [2.05, 4.69) is 15.0 Å². The smallest absolute Gasteiger partial charge is 0.356 e. The summed E-state index contributed by atoms with van der Waals surface area (Å²) in [6.45, 7) is 2.78.